The Morgan fingerprint density at radius 3 is 2.88 bits per heavy atom. The molecular weight excluding hydrogens is 204 g/mol. The number of aliphatic hydroxyl groups is 2. The molecule has 2 aromatic rings. The monoisotopic (exact) mass is 220 g/mol. The molecule has 0 fully saturated rings. The van der Waals surface area contributed by atoms with Crippen molar-refractivity contribution in [3.05, 3.63) is 35.6 Å². The third kappa shape index (κ3) is 2.26. The van der Waals surface area contributed by atoms with Crippen LogP contribution in [0.1, 0.15) is 30.3 Å². The number of hydrogen-bond acceptors (Lipinski definition) is 3. The maximum atomic E-state index is 9.82. The van der Waals surface area contributed by atoms with E-state index in [4.69, 9.17) is 9.52 Å². The van der Waals surface area contributed by atoms with Crippen LogP contribution >= 0.6 is 0 Å². The molecule has 1 aromatic carbocycles. The van der Waals surface area contributed by atoms with Crippen LogP contribution in [0.3, 0.4) is 0 Å². The van der Waals surface area contributed by atoms with Crippen LogP contribution in [0.25, 0.3) is 11.0 Å². The minimum atomic E-state index is -0.625. The van der Waals surface area contributed by atoms with Gasteiger partial charge in [-0.05, 0) is 38.0 Å². The van der Waals surface area contributed by atoms with Crippen molar-refractivity contribution in [3.8, 4) is 0 Å². The molecule has 1 unspecified atom stereocenters. The zero-order chi connectivity index (χ0) is 11.5. The van der Waals surface area contributed by atoms with E-state index in [0.29, 0.717) is 18.6 Å². The predicted octanol–water partition coefficient (Wildman–Crippen LogP) is 2.55. The van der Waals surface area contributed by atoms with E-state index in [-0.39, 0.29) is 6.61 Å². The van der Waals surface area contributed by atoms with Crippen molar-refractivity contribution in [2.45, 2.75) is 25.9 Å². The molecule has 3 heteroatoms. The van der Waals surface area contributed by atoms with Gasteiger partial charge in [0.05, 0.1) is 0 Å². The highest BCUT2D eigenvalue weighted by Crippen LogP contribution is 2.26. The highest BCUT2D eigenvalue weighted by Gasteiger charge is 2.12. The van der Waals surface area contributed by atoms with Crippen LogP contribution in [0.5, 0.6) is 0 Å². The number of benzene rings is 1. The van der Waals surface area contributed by atoms with Crippen LogP contribution < -0.4 is 0 Å². The zero-order valence-corrected chi connectivity index (χ0v) is 9.31. The smallest absolute Gasteiger partial charge is 0.134 e. The van der Waals surface area contributed by atoms with Crippen molar-refractivity contribution in [2.75, 3.05) is 6.61 Å². The summed E-state index contributed by atoms with van der Waals surface area (Å²) >= 11 is 0. The van der Waals surface area contributed by atoms with Crippen molar-refractivity contribution in [3.63, 3.8) is 0 Å². The minimum Gasteiger partial charge on any atom is -0.458 e. The van der Waals surface area contributed by atoms with E-state index in [1.165, 1.54) is 5.56 Å². The fourth-order valence-corrected chi connectivity index (χ4v) is 1.77. The maximum Gasteiger partial charge on any atom is 0.134 e. The molecule has 2 N–H and O–H groups in total. The lowest BCUT2D eigenvalue weighted by Gasteiger charge is -2.04. The zero-order valence-electron chi connectivity index (χ0n) is 9.31. The Labute approximate surface area is 94.3 Å². The van der Waals surface area contributed by atoms with E-state index in [9.17, 15) is 5.11 Å². The second-order valence-corrected chi connectivity index (χ2v) is 4.07. The second kappa shape index (κ2) is 4.68. The van der Waals surface area contributed by atoms with Gasteiger partial charge in [0.15, 0.2) is 0 Å². The van der Waals surface area contributed by atoms with E-state index in [1.807, 2.05) is 31.2 Å². The molecule has 0 saturated heterocycles. The number of aryl methyl sites for hydroxylation is 1. The van der Waals surface area contributed by atoms with Gasteiger partial charge in [-0.3, -0.25) is 0 Å². The number of aliphatic hydroxyl groups excluding tert-OH is 2. The fourth-order valence-electron chi connectivity index (χ4n) is 1.77. The van der Waals surface area contributed by atoms with Gasteiger partial charge < -0.3 is 14.6 Å². The number of fused-ring (bicyclic) bond motifs is 1. The Hall–Kier alpha value is -1.32. The summed E-state index contributed by atoms with van der Waals surface area (Å²) in [7, 11) is 0. The van der Waals surface area contributed by atoms with Gasteiger partial charge in [-0.15, -0.1) is 0 Å². The molecule has 0 bridgehead atoms. The van der Waals surface area contributed by atoms with Crippen LogP contribution in [-0.2, 0) is 0 Å². The number of rotatable bonds is 4. The first-order chi connectivity index (χ1) is 7.70. The van der Waals surface area contributed by atoms with Crippen LogP contribution in [0.15, 0.2) is 28.7 Å². The predicted molar refractivity (Wildman–Crippen MR) is 62.2 cm³/mol. The summed E-state index contributed by atoms with van der Waals surface area (Å²) in [6.07, 6.45) is 0.479. The number of furan rings is 1. The number of hydrogen-bond donors (Lipinski definition) is 2. The summed E-state index contributed by atoms with van der Waals surface area (Å²) in [6, 6.07) is 7.79. The van der Waals surface area contributed by atoms with Gasteiger partial charge in [0.25, 0.3) is 0 Å². The highest BCUT2D eigenvalue weighted by molar-refractivity contribution is 5.78. The Morgan fingerprint density at radius 2 is 2.12 bits per heavy atom. The first kappa shape index (κ1) is 11.2. The summed E-state index contributed by atoms with van der Waals surface area (Å²) in [5.41, 5.74) is 1.97. The van der Waals surface area contributed by atoms with Crippen molar-refractivity contribution < 1.29 is 14.6 Å². The van der Waals surface area contributed by atoms with E-state index in [0.717, 1.165) is 11.0 Å². The molecule has 0 aliphatic carbocycles. The van der Waals surface area contributed by atoms with Crippen LogP contribution in [0.4, 0.5) is 0 Å². The molecule has 86 valence electrons. The maximum absolute atomic E-state index is 9.82. The molecular formula is C13H16O3. The molecule has 0 spiro atoms. The molecule has 1 aromatic heterocycles. The summed E-state index contributed by atoms with van der Waals surface area (Å²) in [4.78, 5) is 0. The first-order valence-corrected chi connectivity index (χ1v) is 5.49. The standard InChI is InChI=1S/C13H16O3/c1-9-4-5-12-10(7-9)8-13(16-12)11(15)3-2-6-14/h4-5,7-8,11,14-15H,2-3,6H2,1H3. The Kier molecular flexibility index (Phi) is 3.27. The molecule has 1 heterocycles. The molecule has 16 heavy (non-hydrogen) atoms. The third-order valence-corrected chi connectivity index (χ3v) is 2.65. The largest absolute Gasteiger partial charge is 0.458 e. The molecule has 0 aliphatic rings. The Bertz CT molecular complexity index is 473. The Balaban J connectivity index is 2.25. The summed E-state index contributed by atoms with van der Waals surface area (Å²) in [5, 5.41) is 19.5. The molecule has 0 radical (unpaired) electrons. The lowest BCUT2D eigenvalue weighted by molar-refractivity contribution is 0.130. The van der Waals surface area contributed by atoms with Crippen LogP contribution in [0.2, 0.25) is 0 Å². The molecule has 0 saturated carbocycles. The van der Waals surface area contributed by atoms with E-state index in [2.05, 4.69) is 0 Å². The molecule has 2 rings (SSSR count). The Morgan fingerprint density at radius 1 is 1.31 bits per heavy atom. The molecule has 0 amide bonds. The van der Waals surface area contributed by atoms with Crippen LogP contribution in [-0.4, -0.2) is 16.8 Å². The van der Waals surface area contributed by atoms with Gasteiger partial charge in [-0.2, -0.15) is 0 Å². The molecule has 1 atom stereocenters. The first-order valence-electron chi connectivity index (χ1n) is 5.49. The van der Waals surface area contributed by atoms with Gasteiger partial charge in [-0.1, -0.05) is 11.6 Å². The van der Waals surface area contributed by atoms with Crippen molar-refractivity contribution in [1.29, 1.82) is 0 Å². The average molecular weight is 220 g/mol. The van der Waals surface area contributed by atoms with E-state index in [1.54, 1.807) is 0 Å². The van der Waals surface area contributed by atoms with Crippen molar-refractivity contribution in [2.24, 2.45) is 0 Å². The second-order valence-electron chi connectivity index (χ2n) is 4.07. The van der Waals surface area contributed by atoms with Crippen molar-refractivity contribution >= 4 is 11.0 Å². The lowest BCUT2D eigenvalue weighted by Crippen LogP contribution is -1.96. The van der Waals surface area contributed by atoms with Gasteiger partial charge in [0.1, 0.15) is 17.4 Å². The minimum absolute atomic E-state index is 0.0936. The SMILES string of the molecule is Cc1ccc2oc(C(O)CCCO)cc2c1. The topological polar surface area (TPSA) is 53.6 Å². The lowest BCUT2D eigenvalue weighted by atomic mass is 10.1. The average Bonchev–Trinajstić information content (AvgIpc) is 2.68. The van der Waals surface area contributed by atoms with Gasteiger partial charge in [0, 0.05) is 12.0 Å². The quantitative estimate of drug-likeness (QED) is 0.832. The highest BCUT2D eigenvalue weighted by atomic mass is 16.4. The van der Waals surface area contributed by atoms with Gasteiger partial charge in [0.2, 0.25) is 0 Å². The van der Waals surface area contributed by atoms with Gasteiger partial charge in [-0.25, -0.2) is 0 Å². The van der Waals surface area contributed by atoms with E-state index < -0.39 is 6.10 Å². The van der Waals surface area contributed by atoms with Gasteiger partial charge >= 0.3 is 0 Å². The summed E-state index contributed by atoms with van der Waals surface area (Å²) < 4.78 is 5.55. The molecule has 3 nitrogen and oxygen atoms in total. The fraction of sp³-hybridized carbons (Fsp3) is 0.385. The molecule has 0 aliphatic heterocycles. The summed E-state index contributed by atoms with van der Waals surface area (Å²) in [6.45, 7) is 2.12. The summed E-state index contributed by atoms with van der Waals surface area (Å²) in [5.74, 6) is 0.578. The van der Waals surface area contributed by atoms with Crippen LogP contribution in [0, 0.1) is 6.92 Å². The van der Waals surface area contributed by atoms with Crippen molar-refractivity contribution in [1.82, 2.24) is 0 Å². The third-order valence-electron chi connectivity index (χ3n) is 2.65. The normalized spacial score (nSPS) is 13.2. The van der Waals surface area contributed by atoms with E-state index >= 15 is 0 Å².